The number of ether oxygens (including phenoxy) is 3. The molecule has 5 rings (SSSR count). The Hall–Kier alpha value is -3.38. The van der Waals surface area contributed by atoms with Crippen LogP contribution in [0.3, 0.4) is 0 Å². The molecule has 0 saturated heterocycles. The first-order chi connectivity index (χ1) is 19.5. The van der Waals surface area contributed by atoms with Crippen LogP contribution < -0.4 is 14.2 Å². The van der Waals surface area contributed by atoms with Gasteiger partial charge in [-0.05, 0) is 67.3 Å². The fourth-order valence-corrected chi connectivity index (χ4v) is 6.27. The minimum atomic E-state index is -0.279. The van der Waals surface area contributed by atoms with Gasteiger partial charge in [0.25, 0.3) is 0 Å². The second-order valence-electron chi connectivity index (χ2n) is 11.7. The van der Waals surface area contributed by atoms with Crippen molar-refractivity contribution in [3.05, 3.63) is 93.6 Å². The summed E-state index contributed by atoms with van der Waals surface area (Å²) in [7, 11) is 3.13. The number of hydrogen-bond acceptors (Lipinski definition) is 6. The van der Waals surface area contributed by atoms with E-state index in [1.165, 1.54) is 18.9 Å². The number of methoxy groups -OCH3 is 2. The number of phenols is 1. The number of phenolic OH excluding ortho intramolecular Hbond substituents is 1. The molecule has 0 aromatic heterocycles. The third-order valence-corrected chi connectivity index (χ3v) is 9.10. The Morgan fingerprint density at radius 2 is 1.71 bits per heavy atom. The molecule has 0 radical (unpaired) electrons. The SMILES string of the molecule is CC1=C(C)C(C)(C)CC[C@H]1[C@@H](C)S.COc1cc2c(c(OCc3ccccc3)c1)C(=O)c1c(O)ccc(OC)c1C2. The zero-order valence-electron chi connectivity index (χ0n) is 25.2. The smallest absolute Gasteiger partial charge is 0.201 e. The average molecular weight is 575 g/mol. The molecule has 0 heterocycles. The molecule has 2 aliphatic rings. The lowest BCUT2D eigenvalue weighted by molar-refractivity contribution is 0.102. The molecule has 2 atom stereocenters. The zero-order chi connectivity index (χ0) is 29.9. The molecule has 3 aromatic carbocycles. The van der Waals surface area contributed by atoms with Crippen LogP contribution >= 0.6 is 12.6 Å². The molecule has 0 amide bonds. The highest BCUT2D eigenvalue weighted by atomic mass is 32.1. The van der Waals surface area contributed by atoms with Crippen molar-refractivity contribution in [3.63, 3.8) is 0 Å². The molecule has 0 fully saturated rings. The van der Waals surface area contributed by atoms with Crippen molar-refractivity contribution in [1.29, 1.82) is 0 Å². The molecule has 1 N–H and O–H groups in total. The van der Waals surface area contributed by atoms with Crippen LogP contribution in [0, 0.1) is 11.3 Å². The quantitative estimate of drug-likeness (QED) is 0.180. The van der Waals surface area contributed by atoms with Crippen molar-refractivity contribution >= 4 is 18.4 Å². The molecule has 218 valence electrons. The van der Waals surface area contributed by atoms with Gasteiger partial charge in [-0.2, -0.15) is 12.6 Å². The number of hydrogen-bond donors (Lipinski definition) is 2. The Morgan fingerprint density at radius 1 is 1.00 bits per heavy atom. The average Bonchev–Trinajstić information content (AvgIpc) is 2.95. The zero-order valence-corrected chi connectivity index (χ0v) is 26.1. The summed E-state index contributed by atoms with van der Waals surface area (Å²) in [6, 6.07) is 16.4. The summed E-state index contributed by atoms with van der Waals surface area (Å²) in [5.74, 6) is 1.99. The summed E-state index contributed by atoms with van der Waals surface area (Å²) in [5.41, 5.74) is 6.75. The number of benzene rings is 3. The Bertz CT molecular complexity index is 1440. The van der Waals surface area contributed by atoms with Gasteiger partial charge < -0.3 is 19.3 Å². The highest BCUT2D eigenvalue weighted by Crippen LogP contribution is 2.44. The van der Waals surface area contributed by atoms with Crippen molar-refractivity contribution in [2.75, 3.05) is 14.2 Å². The number of carbonyl (C=O) groups excluding carboxylic acids is 1. The summed E-state index contributed by atoms with van der Waals surface area (Å²) >= 11 is 4.56. The molecule has 0 unspecified atom stereocenters. The number of ketones is 1. The van der Waals surface area contributed by atoms with Crippen LogP contribution in [0.4, 0.5) is 0 Å². The second-order valence-corrected chi connectivity index (χ2v) is 12.5. The molecule has 2 aliphatic carbocycles. The van der Waals surface area contributed by atoms with E-state index in [2.05, 4.69) is 47.2 Å². The van der Waals surface area contributed by atoms with E-state index in [4.69, 9.17) is 14.2 Å². The monoisotopic (exact) mass is 574 g/mol. The summed E-state index contributed by atoms with van der Waals surface area (Å²) in [6.45, 7) is 11.8. The lowest BCUT2D eigenvalue weighted by Crippen LogP contribution is -2.27. The van der Waals surface area contributed by atoms with Gasteiger partial charge in [-0.1, -0.05) is 62.2 Å². The van der Waals surface area contributed by atoms with Crippen LogP contribution in [0.25, 0.3) is 0 Å². The molecular weight excluding hydrogens is 532 g/mol. The summed E-state index contributed by atoms with van der Waals surface area (Å²) in [4.78, 5) is 13.3. The minimum absolute atomic E-state index is 0.0590. The van der Waals surface area contributed by atoms with Crippen molar-refractivity contribution in [1.82, 2.24) is 0 Å². The van der Waals surface area contributed by atoms with Gasteiger partial charge in [0, 0.05) is 23.3 Å². The van der Waals surface area contributed by atoms with E-state index in [0.717, 1.165) is 11.1 Å². The van der Waals surface area contributed by atoms with Gasteiger partial charge in [0.15, 0.2) is 0 Å². The first-order valence-corrected chi connectivity index (χ1v) is 14.7. The normalized spacial score (nSPS) is 18.0. The van der Waals surface area contributed by atoms with E-state index in [1.807, 2.05) is 36.4 Å². The Labute approximate surface area is 250 Å². The first kappa shape index (κ1) is 30.6. The van der Waals surface area contributed by atoms with Crippen LogP contribution in [0.5, 0.6) is 23.0 Å². The molecule has 0 aliphatic heterocycles. The van der Waals surface area contributed by atoms with E-state index in [-0.39, 0.29) is 17.1 Å². The molecule has 41 heavy (non-hydrogen) atoms. The van der Waals surface area contributed by atoms with Gasteiger partial charge in [-0.25, -0.2) is 0 Å². The lowest BCUT2D eigenvalue weighted by Gasteiger charge is -2.38. The van der Waals surface area contributed by atoms with Crippen molar-refractivity contribution in [3.8, 4) is 23.0 Å². The maximum absolute atomic E-state index is 13.3. The Kier molecular flexibility index (Phi) is 9.43. The van der Waals surface area contributed by atoms with E-state index < -0.39 is 0 Å². The number of allylic oxidation sites excluding steroid dienone is 2. The van der Waals surface area contributed by atoms with E-state index in [0.29, 0.717) is 58.0 Å². The number of aromatic hydroxyl groups is 1. The lowest BCUT2D eigenvalue weighted by atomic mass is 9.69. The van der Waals surface area contributed by atoms with Crippen molar-refractivity contribution in [2.45, 2.75) is 65.7 Å². The standard InChI is InChI=1S/C23H20O5.C12H22S/c1-26-16-10-15-11-17-19(27-2)9-8-18(24)22(17)23(25)21(15)20(12-16)28-13-14-6-4-3-5-7-14;1-8-9(2)12(4,5)7-6-11(8)10(3)13/h3-10,12,24H,11,13H2,1-2H3;10-11,13H,6-7H2,1-5H3/t;10-,11-/m.1/s1. The van der Waals surface area contributed by atoms with Gasteiger partial charge in [-0.15, -0.1) is 0 Å². The van der Waals surface area contributed by atoms with E-state index in [1.54, 1.807) is 37.5 Å². The Morgan fingerprint density at radius 3 is 2.34 bits per heavy atom. The first-order valence-electron chi connectivity index (χ1n) is 14.2. The number of carbonyl (C=O) groups is 1. The largest absolute Gasteiger partial charge is 0.507 e. The van der Waals surface area contributed by atoms with Crippen LogP contribution in [0.15, 0.2) is 65.7 Å². The summed E-state index contributed by atoms with van der Waals surface area (Å²) in [5, 5.41) is 10.8. The summed E-state index contributed by atoms with van der Waals surface area (Å²) < 4.78 is 16.8. The fourth-order valence-electron chi connectivity index (χ4n) is 5.90. The van der Waals surface area contributed by atoms with Gasteiger partial charge in [-0.3, -0.25) is 4.79 Å². The van der Waals surface area contributed by atoms with Crippen molar-refractivity contribution in [2.24, 2.45) is 11.3 Å². The molecule has 0 saturated carbocycles. The van der Waals surface area contributed by atoms with E-state index >= 15 is 0 Å². The minimum Gasteiger partial charge on any atom is -0.507 e. The summed E-state index contributed by atoms with van der Waals surface area (Å²) in [6.07, 6.45) is 3.06. The molecular formula is C35H42O5S. The van der Waals surface area contributed by atoms with Gasteiger partial charge in [0.05, 0.1) is 25.3 Å². The molecule has 0 spiro atoms. The van der Waals surface area contributed by atoms with Gasteiger partial charge >= 0.3 is 0 Å². The third kappa shape index (κ3) is 6.43. The third-order valence-electron chi connectivity index (χ3n) is 8.74. The predicted molar refractivity (Wildman–Crippen MR) is 168 cm³/mol. The predicted octanol–water partition coefficient (Wildman–Crippen LogP) is 8.20. The van der Waals surface area contributed by atoms with Crippen LogP contribution in [0.2, 0.25) is 0 Å². The van der Waals surface area contributed by atoms with Gasteiger partial charge in [0.2, 0.25) is 5.78 Å². The van der Waals surface area contributed by atoms with Crippen LogP contribution in [-0.4, -0.2) is 30.4 Å². The Balaban J connectivity index is 0.000000251. The molecule has 3 aromatic rings. The second kappa shape index (κ2) is 12.6. The van der Waals surface area contributed by atoms with Gasteiger partial charge in [0.1, 0.15) is 29.6 Å². The fraction of sp³-hybridized carbons (Fsp3) is 0.400. The molecule has 6 heteroatoms. The highest BCUT2D eigenvalue weighted by molar-refractivity contribution is 7.80. The maximum atomic E-state index is 13.3. The van der Waals surface area contributed by atoms with Crippen LogP contribution in [0.1, 0.15) is 80.1 Å². The molecule has 5 nitrogen and oxygen atoms in total. The maximum Gasteiger partial charge on any atom is 0.201 e. The van der Waals surface area contributed by atoms with Crippen LogP contribution in [-0.2, 0) is 13.0 Å². The highest BCUT2D eigenvalue weighted by Gasteiger charge is 2.33. The number of thiol groups is 1. The van der Waals surface area contributed by atoms with Crippen molar-refractivity contribution < 1.29 is 24.1 Å². The number of rotatable bonds is 6. The van der Waals surface area contributed by atoms with E-state index in [9.17, 15) is 9.90 Å². The topological polar surface area (TPSA) is 65.0 Å². The molecule has 0 bridgehead atoms. The number of fused-ring (bicyclic) bond motifs is 2.